The fourth-order valence-electron chi connectivity index (χ4n) is 2.56. The zero-order valence-corrected chi connectivity index (χ0v) is 13.1. The summed E-state index contributed by atoms with van der Waals surface area (Å²) in [5, 5.41) is 15.0. The van der Waals surface area contributed by atoms with Crippen molar-refractivity contribution < 1.29 is 9.84 Å². The van der Waals surface area contributed by atoms with Gasteiger partial charge < -0.3 is 9.84 Å². The van der Waals surface area contributed by atoms with E-state index in [1.165, 1.54) is 12.8 Å². The number of nitrogens with zero attached hydrogens (tertiary/aromatic N) is 3. The molecule has 1 aromatic heterocycles. The van der Waals surface area contributed by atoms with Crippen LogP contribution >= 0.6 is 11.8 Å². The van der Waals surface area contributed by atoms with Crippen LogP contribution < -0.4 is 0 Å². The van der Waals surface area contributed by atoms with Crippen LogP contribution in [0.1, 0.15) is 24.6 Å². The number of ether oxygens (including phenoxy) is 1. The van der Waals surface area contributed by atoms with E-state index in [1.54, 1.807) is 11.8 Å². The maximum absolute atomic E-state index is 9.51. The third-order valence-electron chi connectivity index (χ3n) is 4.22. The van der Waals surface area contributed by atoms with E-state index in [4.69, 9.17) is 9.72 Å². The third kappa shape index (κ3) is 2.66. The number of aliphatic hydroxyl groups is 1. The Balaban J connectivity index is 1.56. The summed E-state index contributed by atoms with van der Waals surface area (Å²) in [4.78, 5) is 4.74. The topological polar surface area (TPSA) is 60.2 Å². The smallest absolute Gasteiger partial charge is 0.209 e. The van der Waals surface area contributed by atoms with Gasteiger partial charge in [0.2, 0.25) is 5.16 Å². The Hall–Kier alpha value is -1.37. The summed E-state index contributed by atoms with van der Waals surface area (Å²) >= 11 is 1.62. The van der Waals surface area contributed by atoms with Crippen molar-refractivity contribution in [1.29, 1.82) is 0 Å². The van der Waals surface area contributed by atoms with Crippen molar-refractivity contribution in [1.82, 2.24) is 14.8 Å². The van der Waals surface area contributed by atoms with Crippen molar-refractivity contribution in [3.63, 3.8) is 0 Å². The van der Waals surface area contributed by atoms with Gasteiger partial charge in [0, 0.05) is 17.1 Å². The number of hydrogen-bond donors (Lipinski definition) is 1. The third-order valence-corrected chi connectivity index (χ3v) is 5.40. The molecule has 1 aliphatic carbocycles. The van der Waals surface area contributed by atoms with Gasteiger partial charge in [0.25, 0.3) is 0 Å². The Bertz CT molecular complexity index is 645. The van der Waals surface area contributed by atoms with Gasteiger partial charge in [0.05, 0.1) is 25.5 Å². The number of rotatable bonds is 6. The minimum absolute atomic E-state index is 0.109. The van der Waals surface area contributed by atoms with Crippen LogP contribution in [0, 0.1) is 5.41 Å². The standard InChI is InChI=1S/C16H19N3O2S/c20-8-16(9-21-10-16)11-22-15-17-14(12-6-7-12)19(18-15)13-4-2-1-3-5-13/h1-5,12,20H,6-11H2. The maximum atomic E-state index is 9.51. The molecule has 2 aliphatic rings. The Labute approximate surface area is 133 Å². The normalized spacial score (nSPS) is 19.9. The van der Waals surface area contributed by atoms with Crippen molar-refractivity contribution in [2.24, 2.45) is 5.41 Å². The highest BCUT2D eigenvalue weighted by Gasteiger charge is 2.38. The number of thioether (sulfide) groups is 1. The van der Waals surface area contributed by atoms with E-state index in [0.717, 1.165) is 22.4 Å². The Morgan fingerprint density at radius 1 is 1.27 bits per heavy atom. The molecule has 0 spiro atoms. The molecule has 4 rings (SSSR count). The minimum Gasteiger partial charge on any atom is -0.396 e. The van der Waals surface area contributed by atoms with Gasteiger partial charge in [-0.2, -0.15) is 0 Å². The Morgan fingerprint density at radius 2 is 2.05 bits per heavy atom. The molecule has 0 bridgehead atoms. The van der Waals surface area contributed by atoms with Gasteiger partial charge in [0.1, 0.15) is 5.82 Å². The Morgan fingerprint density at radius 3 is 2.64 bits per heavy atom. The summed E-state index contributed by atoms with van der Waals surface area (Å²) in [6, 6.07) is 10.2. The molecule has 1 aromatic carbocycles. The van der Waals surface area contributed by atoms with Crippen LogP contribution in [0.2, 0.25) is 0 Å². The van der Waals surface area contributed by atoms with E-state index >= 15 is 0 Å². The zero-order chi connectivity index (χ0) is 15.0. The van der Waals surface area contributed by atoms with Crippen molar-refractivity contribution in [3.8, 4) is 5.69 Å². The fourth-order valence-corrected chi connectivity index (χ4v) is 3.55. The van der Waals surface area contributed by atoms with Gasteiger partial charge in [-0.3, -0.25) is 0 Å². The molecule has 2 fully saturated rings. The minimum atomic E-state index is -0.109. The molecule has 5 nitrogen and oxygen atoms in total. The molecular weight excluding hydrogens is 298 g/mol. The maximum Gasteiger partial charge on any atom is 0.209 e. The lowest BCUT2D eigenvalue weighted by molar-refractivity contribution is -0.121. The van der Waals surface area contributed by atoms with Crippen molar-refractivity contribution >= 4 is 11.8 Å². The molecule has 22 heavy (non-hydrogen) atoms. The summed E-state index contributed by atoms with van der Waals surface area (Å²) in [5.74, 6) is 2.41. The number of aliphatic hydroxyl groups excluding tert-OH is 1. The first kappa shape index (κ1) is 14.2. The first-order valence-electron chi connectivity index (χ1n) is 7.63. The van der Waals surface area contributed by atoms with E-state index in [1.807, 2.05) is 22.9 Å². The highest BCUT2D eigenvalue weighted by Crippen LogP contribution is 2.41. The van der Waals surface area contributed by atoms with Gasteiger partial charge >= 0.3 is 0 Å². The van der Waals surface area contributed by atoms with E-state index in [0.29, 0.717) is 19.1 Å². The highest BCUT2D eigenvalue weighted by atomic mass is 32.2. The van der Waals surface area contributed by atoms with Crippen LogP contribution in [0.15, 0.2) is 35.5 Å². The molecule has 1 saturated heterocycles. The van der Waals surface area contributed by atoms with Crippen LogP contribution in [-0.2, 0) is 4.74 Å². The van der Waals surface area contributed by atoms with Crippen molar-refractivity contribution in [2.75, 3.05) is 25.6 Å². The molecule has 1 saturated carbocycles. The summed E-state index contributed by atoms with van der Waals surface area (Å²) < 4.78 is 7.22. The fraction of sp³-hybridized carbons (Fsp3) is 0.500. The average Bonchev–Trinajstić information content (AvgIpc) is 3.28. The van der Waals surface area contributed by atoms with Crippen molar-refractivity contribution in [2.45, 2.75) is 23.9 Å². The molecule has 1 aliphatic heterocycles. The van der Waals surface area contributed by atoms with E-state index < -0.39 is 0 Å². The summed E-state index contributed by atoms with van der Waals surface area (Å²) in [6.45, 7) is 1.42. The molecule has 2 aromatic rings. The second-order valence-corrected chi connectivity index (χ2v) is 7.16. The zero-order valence-electron chi connectivity index (χ0n) is 12.3. The molecule has 1 N–H and O–H groups in total. The van der Waals surface area contributed by atoms with Gasteiger partial charge in [-0.05, 0) is 25.0 Å². The molecule has 0 atom stereocenters. The molecule has 0 unspecified atom stereocenters. The van der Waals surface area contributed by atoms with Crippen LogP contribution in [0.25, 0.3) is 5.69 Å². The van der Waals surface area contributed by atoms with E-state index in [9.17, 15) is 5.11 Å². The summed E-state index contributed by atoms with van der Waals surface area (Å²) in [6.07, 6.45) is 2.40. The lowest BCUT2D eigenvalue weighted by Gasteiger charge is -2.39. The van der Waals surface area contributed by atoms with E-state index in [2.05, 4.69) is 17.2 Å². The van der Waals surface area contributed by atoms with Crippen molar-refractivity contribution in [3.05, 3.63) is 36.2 Å². The van der Waals surface area contributed by atoms with Crippen LogP contribution in [0.4, 0.5) is 0 Å². The monoisotopic (exact) mass is 317 g/mol. The second-order valence-electron chi connectivity index (χ2n) is 6.21. The average molecular weight is 317 g/mol. The van der Waals surface area contributed by atoms with Gasteiger partial charge in [0.15, 0.2) is 0 Å². The predicted molar refractivity (Wildman–Crippen MR) is 84.4 cm³/mol. The lowest BCUT2D eigenvalue weighted by Crippen LogP contribution is -2.47. The molecule has 116 valence electrons. The predicted octanol–water partition coefficient (Wildman–Crippen LogP) is 2.25. The van der Waals surface area contributed by atoms with Crippen LogP contribution in [0.5, 0.6) is 0 Å². The molecule has 0 radical (unpaired) electrons. The Kier molecular flexibility index (Phi) is 3.68. The molecule has 2 heterocycles. The lowest BCUT2D eigenvalue weighted by atomic mass is 9.90. The molecular formula is C16H19N3O2S. The van der Waals surface area contributed by atoms with E-state index in [-0.39, 0.29) is 12.0 Å². The van der Waals surface area contributed by atoms with Crippen LogP contribution in [-0.4, -0.2) is 45.4 Å². The molecule has 0 amide bonds. The molecule has 6 heteroatoms. The van der Waals surface area contributed by atoms with Crippen LogP contribution in [0.3, 0.4) is 0 Å². The van der Waals surface area contributed by atoms with Gasteiger partial charge in [-0.1, -0.05) is 30.0 Å². The largest absolute Gasteiger partial charge is 0.396 e. The first-order valence-corrected chi connectivity index (χ1v) is 8.62. The highest BCUT2D eigenvalue weighted by molar-refractivity contribution is 7.99. The summed E-state index contributed by atoms with van der Waals surface area (Å²) in [7, 11) is 0. The number of benzene rings is 1. The number of para-hydroxylation sites is 1. The number of aromatic nitrogens is 3. The number of hydrogen-bond acceptors (Lipinski definition) is 5. The van der Waals surface area contributed by atoms with Gasteiger partial charge in [-0.25, -0.2) is 9.67 Å². The first-order chi connectivity index (χ1) is 10.8. The quantitative estimate of drug-likeness (QED) is 0.828. The second kappa shape index (κ2) is 5.68. The summed E-state index contributed by atoms with van der Waals surface area (Å²) in [5.41, 5.74) is 0.954. The SMILES string of the molecule is OCC1(CSc2nc(C3CC3)n(-c3ccccc3)n2)COC1. The van der Waals surface area contributed by atoms with Gasteiger partial charge in [-0.15, -0.1) is 5.10 Å².